The summed E-state index contributed by atoms with van der Waals surface area (Å²) >= 11 is 3.38. The third-order valence-corrected chi connectivity index (χ3v) is 3.88. The van der Waals surface area contributed by atoms with Gasteiger partial charge in [0.15, 0.2) is 0 Å². The first-order chi connectivity index (χ1) is 8.60. The number of esters is 1. The number of piperidine rings is 1. The normalized spacial score (nSPS) is 23.7. The standard InChI is InChI=1S/C14H18BrNO2/c1-14(8-2-3-9-16-14)13(17)18-10-11-4-6-12(15)7-5-11/h4-7,16H,2-3,8-10H2,1H3. The van der Waals surface area contributed by atoms with Crippen molar-refractivity contribution in [2.45, 2.75) is 38.3 Å². The molecule has 1 aliphatic heterocycles. The molecule has 0 spiro atoms. The number of benzene rings is 1. The number of hydrogen-bond donors (Lipinski definition) is 1. The van der Waals surface area contributed by atoms with Crippen LogP contribution in [0.2, 0.25) is 0 Å². The maximum Gasteiger partial charge on any atom is 0.326 e. The third kappa shape index (κ3) is 3.33. The molecule has 1 N–H and O–H groups in total. The molecule has 1 aliphatic rings. The zero-order valence-corrected chi connectivity index (χ0v) is 12.1. The molecular weight excluding hydrogens is 294 g/mol. The molecule has 3 nitrogen and oxygen atoms in total. The molecule has 0 saturated carbocycles. The van der Waals surface area contributed by atoms with Crippen LogP contribution in [0.25, 0.3) is 0 Å². The third-order valence-electron chi connectivity index (χ3n) is 3.35. The SMILES string of the molecule is CC1(C(=O)OCc2ccc(Br)cc2)CCCCN1. The molecule has 1 unspecified atom stereocenters. The summed E-state index contributed by atoms with van der Waals surface area (Å²) < 4.78 is 6.42. The molecule has 18 heavy (non-hydrogen) atoms. The van der Waals surface area contributed by atoms with Gasteiger partial charge in [0.05, 0.1) is 0 Å². The lowest BCUT2D eigenvalue weighted by Gasteiger charge is -2.32. The number of halogens is 1. The van der Waals surface area contributed by atoms with E-state index in [1.807, 2.05) is 31.2 Å². The van der Waals surface area contributed by atoms with E-state index < -0.39 is 5.54 Å². The van der Waals surface area contributed by atoms with Gasteiger partial charge in [-0.15, -0.1) is 0 Å². The lowest BCUT2D eigenvalue weighted by Crippen LogP contribution is -2.52. The number of hydrogen-bond acceptors (Lipinski definition) is 3. The van der Waals surface area contributed by atoms with Crippen molar-refractivity contribution in [2.75, 3.05) is 6.54 Å². The average molecular weight is 312 g/mol. The van der Waals surface area contributed by atoms with E-state index in [1.165, 1.54) is 0 Å². The maximum absolute atomic E-state index is 12.1. The molecule has 1 saturated heterocycles. The van der Waals surface area contributed by atoms with Crippen molar-refractivity contribution in [1.29, 1.82) is 0 Å². The molecule has 1 heterocycles. The van der Waals surface area contributed by atoms with Crippen LogP contribution >= 0.6 is 15.9 Å². The van der Waals surface area contributed by atoms with Crippen molar-refractivity contribution in [1.82, 2.24) is 5.32 Å². The summed E-state index contributed by atoms with van der Waals surface area (Å²) in [6.07, 6.45) is 3.07. The van der Waals surface area contributed by atoms with Crippen molar-refractivity contribution in [3.8, 4) is 0 Å². The minimum Gasteiger partial charge on any atom is -0.459 e. The lowest BCUT2D eigenvalue weighted by molar-refractivity contribution is -0.153. The fourth-order valence-electron chi connectivity index (χ4n) is 2.12. The van der Waals surface area contributed by atoms with Crippen LogP contribution in [-0.2, 0) is 16.1 Å². The van der Waals surface area contributed by atoms with Crippen molar-refractivity contribution < 1.29 is 9.53 Å². The van der Waals surface area contributed by atoms with Crippen LogP contribution in [0.1, 0.15) is 31.7 Å². The highest BCUT2D eigenvalue weighted by molar-refractivity contribution is 9.10. The quantitative estimate of drug-likeness (QED) is 0.872. The van der Waals surface area contributed by atoms with Crippen LogP contribution in [0.15, 0.2) is 28.7 Å². The Balaban J connectivity index is 1.89. The molecule has 0 radical (unpaired) electrons. The summed E-state index contributed by atoms with van der Waals surface area (Å²) in [6.45, 7) is 3.16. The number of nitrogens with one attached hydrogen (secondary N) is 1. The molecule has 1 fully saturated rings. The molecule has 0 aliphatic carbocycles. The summed E-state index contributed by atoms with van der Waals surface area (Å²) in [7, 11) is 0. The summed E-state index contributed by atoms with van der Waals surface area (Å²) in [5.74, 6) is -0.148. The van der Waals surface area contributed by atoms with Gasteiger partial charge in [0.1, 0.15) is 12.1 Å². The van der Waals surface area contributed by atoms with Crippen molar-refractivity contribution >= 4 is 21.9 Å². The highest BCUT2D eigenvalue weighted by Crippen LogP contribution is 2.21. The van der Waals surface area contributed by atoms with E-state index in [9.17, 15) is 4.79 Å². The second kappa shape index (κ2) is 5.85. The molecule has 0 amide bonds. The predicted molar refractivity (Wildman–Crippen MR) is 74.2 cm³/mol. The van der Waals surface area contributed by atoms with Gasteiger partial charge in [0.2, 0.25) is 0 Å². The Labute approximate surface area is 116 Å². The van der Waals surface area contributed by atoms with Gasteiger partial charge in [-0.3, -0.25) is 4.79 Å². The zero-order chi connectivity index (χ0) is 13.0. The summed E-state index contributed by atoms with van der Waals surface area (Å²) in [5.41, 5.74) is 0.499. The Bertz CT molecular complexity index is 410. The average Bonchev–Trinajstić information content (AvgIpc) is 2.38. The summed E-state index contributed by atoms with van der Waals surface area (Å²) in [4.78, 5) is 12.1. The van der Waals surface area contributed by atoms with E-state index >= 15 is 0 Å². The molecule has 0 bridgehead atoms. The predicted octanol–water partition coefficient (Wildman–Crippen LogP) is 3.02. The largest absolute Gasteiger partial charge is 0.459 e. The van der Waals surface area contributed by atoms with E-state index in [0.717, 1.165) is 35.8 Å². The summed E-state index contributed by atoms with van der Waals surface area (Å²) in [5, 5.41) is 3.26. The van der Waals surface area contributed by atoms with Gasteiger partial charge in [0, 0.05) is 4.47 Å². The molecular formula is C14H18BrNO2. The van der Waals surface area contributed by atoms with E-state index in [2.05, 4.69) is 21.2 Å². The number of rotatable bonds is 3. The molecule has 2 rings (SSSR count). The summed E-state index contributed by atoms with van der Waals surface area (Å²) in [6, 6.07) is 7.80. The first-order valence-electron chi connectivity index (χ1n) is 6.27. The van der Waals surface area contributed by atoms with Crippen molar-refractivity contribution in [3.63, 3.8) is 0 Å². The highest BCUT2D eigenvalue weighted by atomic mass is 79.9. The van der Waals surface area contributed by atoms with Crippen LogP contribution < -0.4 is 5.32 Å². The molecule has 0 aromatic heterocycles. The first-order valence-corrected chi connectivity index (χ1v) is 7.06. The van der Waals surface area contributed by atoms with E-state index in [0.29, 0.717) is 6.61 Å². The minimum absolute atomic E-state index is 0.148. The van der Waals surface area contributed by atoms with Crippen LogP contribution in [0.5, 0.6) is 0 Å². The Morgan fingerprint density at radius 3 is 2.72 bits per heavy atom. The first kappa shape index (κ1) is 13.6. The maximum atomic E-state index is 12.1. The highest BCUT2D eigenvalue weighted by Gasteiger charge is 2.35. The van der Waals surface area contributed by atoms with Crippen molar-refractivity contribution in [2.24, 2.45) is 0 Å². The van der Waals surface area contributed by atoms with Crippen LogP contribution in [0.4, 0.5) is 0 Å². The van der Waals surface area contributed by atoms with E-state index in [1.54, 1.807) is 0 Å². The monoisotopic (exact) mass is 311 g/mol. The van der Waals surface area contributed by atoms with E-state index in [4.69, 9.17) is 4.74 Å². The Morgan fingerprint density at radius 2 is 2.11 bits per heavy atom. The van der Waals surface area contributed by atoms with Crippen LogP contribution in [0.3, 0.4) is 0 Å². The number of carbonyl (C=O) groups is 1. The fourth-order valence-corrected chi connectivity index (χ4v) is 2.38. The number of ether oxygens (including phenoxy) is 1. The molecule has 4 heteroatoms. The lowest BCUT2D eigenvalue weighted by atomic mass is 9.91. The minimum atomic E-state index is -0.506. The van der Waals surface area contributed by atoms with Crippen LogP contribution in [0, 0.1) is 0 Å². The molecule has 1 aromatic rings. The molecule has 1 atom stereocenters. The van der Waals surface area contributed by atoms with Gasteiger partial charge in [-0.2, -0.15) is 0 Å². The molecule has 1 aromatic carbocycles. The fraction of sp³-hybridized carbons (Fsp3) is 0.500. The Morgan fingerprint density at radius 1 is 1.39 bits per heavy atom. The van der Waals surface area contributed by atoms with Gasteiger partial charge in [0.25, 0.3) is 0 Å². The topological polar surface area (TPSA) is 38.3 Å². The van der Waals surface area contributed by atoms with Gasteiger partial charge < -0.3 is 10.1 Å². The number of carbonyl (C=O) groups excluding carboxylic acids is 1. The van der Waals surface area contributed by atoms with Gasteiger partial charge in [-0.1, -0.05) is 28.1 Å². The Kier molecular flexibility index (Phi) is 4.40. The second-order valence-corrected chi connectivity index (χ2v) is 5.83. The second-order valence-electron chi connectivity index (χ2n) is 4.92. The van der Waals surface area contributed by atoms with Gasteiger partial charge in [-0.05, 0) is 50.4 Å². The smallest absolute Gasteiger partial charge is 0.326 e. The van der Waals surface area contributed by atoms with Crippen LogP contribution in [-0.4, -0.2) is 18.1 Å². The van der Waals surface area contributed by atoms with Gasteiger partial charge in [-0.25, -0.2) is 0 Å². The van der Waals surface area contributed by atoms with Gasteiger partial charge >= 0.3 is 5.97 Å². The zero-order valence-electron chi connectivity index (χ0n) is 10.5. The Hall–Kier alpha value is -0.870. The van der Waals surface area contributed by atoms with Crippen molar-refractivity contribution in [3.05, 3.63) is 34.3 Å². The molecule has 98 valence electrons. The van der Waals surface area contributed by atoms with E-state index in [-0.39, 0.29) is 5.97 Å².